The first-order valence-electron chi connectivity index (χ1n) is 5.66. The summed E-state index contributed by atoms with van der Waals surface area (Å²) in [6, 6.07) is 1.48. The number of hydrogen-bond donors (Lipinski definition) is 0. The molecular weight excluding hydrogens is 227 g/mol. The van der Waals surface area contributed by atoms with Crippen molar-refractivity contribution >= 4 is 17.4 Å². The number of hydrogen-bond acceptors (Lipinski definition) is 2. The van der Waals surface area contributed by atoms with Gasteiger partial charge in [-0.25, -0.2) is 9.37 Å². The Morgan fingerprint density at radius 3 is 2.81 bits per heavy atom. The fourth-order valence-corrected chi connectivity index (χ4v) is 2.27. The molecule has 4 heteroatoms. The molecule has 1 aromatic rings. The maximum Gasteiger partial charge on any atom is 0.141 e. The Labute approximate surface area is 100 Å². The predicted molar refractivity (Wildman–Crippen MR) is 64.4 cm³/mol. The van der Waals surface area contributed by atoms with E-state index in [2.05, 4.69) is 16.8 Å². The lowest BCUT2D eigenvalue weighted by atomic mass is 9.99. The van der Waals surface area contributed by atoms with E-state index in [1.807, 2.05) is 0 Å². The summed E-state index contributed by atoms with van der Waals surface area (Å²) >= 11 is 5.82. The van der Waals surface area contributed by atoms with Crippen LogP contribution in [0, 0.1) is 11.7 Å². The van der Waals surface area contributed by atoms with E-state index in [-0.39, 0.29) is 5.82 Å². The molecule has 1 aliphatic heterocycles. The Morgan fingerprint density at radius 2 is 2.19 bits per heavy atom. The van der Waals surface area contributed by atoms with Crippen molar-refractivity contribution in [2.24, 2.45) is 5.92 Å². The zero-order chi connectivity index (χ0) is 11.5. The lowest BCUT2D eigenvalue weighted by Gasteiger charge is -2.32. The summed E-state index contributed by atoms with van der Waals surface area (Å²) in [4.78, 5) is 6.37. The molecule has 0 radical (unpaired) electrons. The van der Waals surface area contributed by atoms with E-state index in [0.29, 0.717) is 5.88 Å². The van der Waals surface area contributed by atoms with Gasteiger partial charge in [-0.1, -0.05) is 6.92 Å². The van der Waals surface area contributed by atoms with Crippen LogP contribution >= 0.6 is 11.6 Å². The van der Waals surface area contributed by atoms with Gasteiger partial charge in [-0.3, -0.25) is 0 Å². The summed E-state index contributed by atoms with van der Waals surface area (Å²) in [7, 11) is 0. The minimum Gasteiger partial charge on any atom is -0.356 e. The van der Waals surface area contributed by atoms with Gasteiger partial charge in [-0.2, -0.15) is 0 Å². The van der Waals surface area contributed by atoms with Gasteiger partial charge >= 0.3 is 0 Å². The molecule has 1 aromatic heterocycles. The Kier molecular flexibility index (Phi) is 3.64. The van der Waals surface area contributed by atoms with Crippen LogP contribution in [0.1, 0.15) is 25.3 Å². The van der Waals surface area contributed by atoms with Crippen LogP contribution in [0.25, 0.3) is 0 Å². The molecule has 0 saturated carbocycles. The highest BCUT2D eigenvalue weighted by Crippen LogP contribution is 2.25. The van der Waals surface area contributed by atoms with Crippen molar-refractivity contribution in [1.82, 2.24) is 4.98 Å². The smallest absolute Gasteiger partial charge is 0.141 e. The molecule has 16 heavy (non-hydrogen) atoms. The van der Waals surface area contributed by atoms with Crippen molar-refractivity contribution in [3.8, 4) is 0 Å². The van der Waals surface area contributed by atoms with Crippen molar-refractivity contribution in [1.29, 1.82) is 0 Å². The van der Waals surface area contributed by atoms with Crippen molar-refractivity contribution < 1.29 is 4.39 Å². The fraction of sp³-hybridized carbons (Fsp3) is 0.583. The molecule has 0 aromatic carbocycles. The zero-order valence-electron chi connectivity index (χ0n) is 9.42. The molecule has 0 N–H and O–H groups in total. The van der Waals surface area contributed by atoms with E-state index in [4.69, 9.17) is 11.6 Å². The standard InChI is InChI=1S/C12H16ClFN2/c1-9-2-4-16(5-3-9)12-10(7-13)6-11(14)8-15-12/h6,8-9H,2-5,7H2,1H3. The van der Waals surface area contributed by atoms with Gasteiger partial charge < -0.3 is 4.90 Å². The van der Waals surface area contributed by atoms with Gasteiger partial charge in [-0.05, 0) is 24.8 Å². The third kappa shape index (κ3) is 2.46. The summed E-state index contributed by atoms with van der Waals surface area (Å²) in [5.74, 6) is 1.62. The van der Waals surface area contributed by atoms with E-state index in [0.717, 1.165) is 30.4 Å². The van der Waals surface area contributed by atoms with E-state index < -0.39 is 0 Å². The Morgan fingerprint density at radius 1 is 1.50 bits per heavy atom. The zero-order valence-corrected chi connectivity index (χ0v) is 10.2. The van der Waals surface area contributed by atoms with E-state index in [1.54, 1.807) is 0 Å². The SMILES string of the molecule is CC1CCN(c2ncc(F)cc2CCl)CC1. The molecule has 0 aliphatic carbocycles. The number of nitrogens with zero attached hydrogens (tertiary/aromatic N) is 2. The summed E-state index contributed by atoms with van der Waals surface area (Å²) in [5, 5.41) is 0. The number of piperidine rings is 1. The summed E-state index contributed by atoms with van der Waals surface area (Å²) in [6.45, 7) is 4.24. The minimum absolute atomic E-state index is 0.312. The monoisotopic (exact) mass is 242 g/mol. The molecule has 0 spiro atoms. The van der Waals surface area contributed by atoms with Crippen LogP contribution in [-0.2, 0) is 5.88 Å². The van der Waals surface area contributed by atoms with Crippen LogP contribution in [-0.4, -0.2) is 18.1 Å². The third-order valence-corrected chi connectivity index (χ3v) is 3.42. The molecular formula is C12H16ClFN2. The van der Waals surface area contributed by atoms with Crippen LogP contribution in [0.5, 0.6) is 0 Å². The molecule has 1 aliphatic rings. The molecule has 1 saturated heterocycles. The molecule has 0 amide bonds. The molecule has 2 heterocycles. The molecule has 0 unspecified atom stereocenters. The van der Waals surface area contributed by atoms with Crippen LogP contribution in [0.4, 0.5) is 10.2 Å². The fourth-order valence-electron chi connectivity index (χ4n) is 2.08. The Hall–Kier alpha value is -0.830. The quantitative estimate of drug-likeness (QED) is 0.741. The number of halogens is 2. The van der Waals surface area contributed by atoms with Gasteiger partial charge in [0, 0.05) is 18.7 Å². The highest BCUT2D eigenvalue weighted by molar-refractivity contribution is 6.17. The lowest BCUT2D eigenvalue weighted by Crippen LogP contribution is -2.34. The van der Waals surface area contributed by atoms with Gasteiger partial charge in [0.25, 0.3) is 0 Å². The summed E-state index contributed by atoms with van der Waals surface area (Å²) in [5.41, 5.74) is 0.788. The maximum absolute atomic E-state index is 13.0. The van der Waals surface area contributed by atoms with Gasteiger partial charge in [0.2, 0.25) is 0 Å². The lowest BCUT2D eigenvalue weighted by molar-refractivity contribution is 0.436. The van der Waals surface area contributed by atoms with Crippen LogP contribution in [0.2, 0.25) is 0 Å². The summed E-state index contributed by atoms with van der Waals surface area (Å²) < 4.78 is 13.0. The third-order valence-electron chi connectivity index (χ3n) is 3.14. The number of pyridine rings is 1. The Balaban J connectivity index is 2.19. The van der Waals surface area contributed by atoms with Crippen molar-refractivity contribution in [3.63, 3.8) is 0 Å². The minimum atomic E-state index is -0.315. The highest BCUT2D eigenvalue weighted by Gasteiger charge is 2.19. The molecule has 0 bridgehead atoms. The second-order valence-corrected chi connectivity index (χ2v) is 4.71. The first kappa shape index (κ1) is 11.6. The largest absolute Gasteiger partial charge is 0.356 e. The molecule has 2 rings (SSSR count). The second kappa shape index (κ2) is 5.00. The van der Waals surface area contributed by atoms with Crippen molar-refractivity contribution in [2.75, 3.05) is 18.0 Å². The van der Waals surface area contributed by atoms with Gasteiger partial charge in [0.15, 0.2) is 0 Å². The van der Waals surface area contributed by atoms with E-state index >= 15 is 0 Å². The van der Waals surface area contributed by atoms with Crippen molar-refractivity contribution in [2.45, 2.75) is 25.6 Å². The Bertz CT molecular complexity index is 362. The number of aromatic nitrogens is 1. The normalized spacial score (nSPS) is 17.8. The predicted octanol–water partition coefficient (Wildman–Crippen LogP) is 3.20. The number of alkyl halides is 1. The average molecular weight is 243 g/mol. The van der Waals surface area contributed by atoms with Crippen LogP contribution in [0.3, 0.4) is 0 Å². The van der Waals surface area contributed by atoms with Crippen molar-refractivity contribution in [3.05, 3.63) is 23.6 Å². The summed E-state index contributed by atoms with van der Waals surface area (Å²) in [6.07, 6.45) is 3.60. The molecule has 88 valence electrons. The topological polar surface area (TPSA) is 16.1 Å². The number of rotatable bonds is 2. The van der Waals surface area contributed by atoms with Gasteiger partial charge in [0.05, 0.1) is 12.1 Å². The van der Waals surface area contributed by atoms with Crippen LogP contribution < -0.4 is 4.90 Å². The first-order chi connectivity index (χ1) is 7.70. The van der Waals surface area contributed by atoms with E-state index in [1.165, 1.54) is 25.1 Å². The first-order valence-corrected chi connectivity index (χ1v) is 6.19. The highest BCUT2D eigenvalue weighted by atomic mass is 35.5. The van der Waals surface area contributed by atoms with Crippen LogP contribution in [0.15, 0.2) is 12.3 Å². The maximum atomic E-state index is 13.0. The average Bonchev–Trinajstić information content (AvgIpc) is 2.30. The second-order valence-electron chi connectivity index (χ2n) is 4.44. The van der Waals surface area contributed by atoms with Gasteiger partial charge in [0.1, 0.15) is 11.6 Å². The van der Waals surface area contributed by atoms with E-state index in [9.17, 15) is 4.39 Å². The van der Waals surface area contributed by atoms with Gasteiger partial charge in [-0.15, -0.1) is 11.6 Å². The molecule has 2 nitrogen and oxygen atoms in total. The molecule has 0 atom stereocenters. The number of anilines is 1. The molecule has 1 fully saturated rings.